The molecule has 6 heteroatoms. The predicted molar refractivity (Wildman–Crippen MR) is 72.2 cm³/mol. The fraction of sp³-hybridized carbons (Fsp3) is 0. The molecule has 0 amide bonds. The van der Waals surface area contributed by atoms with Crippen molar-refractivity contribution in [2.75, 3.05) is 0 Å². The molecule has 0 N–H and O–H groups in total. The van der Waals surface area contributed by atoms with E-state index in [1.807, 2.05) is 0 Å². The van der Waals surface area contributed by atoms with E-state index in [2.05, 4.69) is 15.9 Å². The van der Waals surface area contributed by atoms with Crippen LogP contribution in [0.25, 0.3) is 0 Å². The molecule has 0 aliphatic heterocycles. The molecule has 0 spiro atoms. The molecule has 0 aliphatic rings. The van der Waals surface area contributed by atoms with Crippen LogP contribution in [0.5, 0.6) is 5.75 Å². The molecule has 0 atom stereocenters. The van der Waals surface area contributed by atoms with E-state index < -0.39 is 10.9 Å². The van der Waals surface area contributed by atoms with Crippen LogP contribution in [0, 0.1) is 10.1 Å². The molecule has 0 aromatic heterocycles. The van der Waals surface area contributed by atoms with E-state index >= 15 is 0 Å². The van der Waals surface area contributed by atoms with Crippen LogP contribution in [0.2, 0.25) is 0 Å². The topological polar surface area (TPSA) is 69.4 Å². The Hall–Kier alpha value is -2.21. The molecule has 0 heterocycles. The second kappa shape index (κ2) is 5.62. The number of benzene rings is 2. The first-order valence-electron chi connectivity index (χ1n) is 5.29. The smallest absolute Gasteiger partial charge is 0.343 e. The Morgan fingerprint density at radius 3 is 2.58 bits per heavy atom. The van der Waals surface area contributed by atoms with Crippen LogP contribution >= 0.6 is 15.9 Å². The molecule has 2 rings (SSSR count). The van der Waals surface area contributed by atoms with E-state index in [9.17, 15) is 14.9 Å². The number of esters is 1. The van der Waals surface area contributed by atoms with Gasteiger partial charge in [0.15, 0.2) is 0 Å². The van der Waals surface area contributed by atoms with Crippen molar-refractivity contribution in [1.29, 1.82) is 0 Å². The number of nitro benzene ring substituents is 1. The number of para-hydroxylation sites is 1. The van der Waals surface area contributed by atoms with Crippen molar-refractivity contribution in [2.45, 2.75) is 0 Å². The van der Waals surface area contributed by atoms with Crippen molar-refractivity contribution in [3.8, 4) is 5.75 Å². The third-order valence-corrected chi connectivity index (χ3v) is 2.99. The van der Waals surface area contributed by atoms with Gasteiger partial charge in [-0.25, -0.2) is 4.79 Å². The SMILES string of the molecule is O=C(Oc1ccccc1Br)c1cccc([N+](=O)[O-])c1. The lowest BCUT2D eigenvalue weighted by molar-refractivity contribution is -0.384. The van der Waals surface area contributed by atoms with E-state index in [0.717, 1.165) is 0 Å². The minimum Gasteiger partial charge on any atom is -0.422 e. The fourth-order valence-corrected chi connectivity index (χ4v) is 1.80. The number of hydrogen-bond acceptors (Lipinski definition) is 4. The van der Waals surface area contributed by atoms with E-state index in [1.54, 1.807) is 24.3 Å². The van der Waals surface area contributed by atoms with Gasteiger partial charge >= 0.3 is 5.97 Å². The minimum absolute atomic E-state index is 0.130. The van der Waals surface area contributed by atoms with E-state index in [1.165, 1.54) is 24.3 Å². The summed E-state index contributed by atoms with van der Waals surface area (Å²) in [6.07, 6.45) is 0. The summed E-state index contributed by atoms with van der Waals surface area (Å²) < 4.78 is 5.79. The number of nitrogens with zero attached hydrogens (tertiary/aromatic N) is 1. The average molecular weight is 322 g/mol. The van der Waals surface area contributed by atoms with Gasteiger partial charge in [0, 0.05) is 12.1 Å². The maximum absolute atomic E-state index is 11.9. The van der Waals surface area contributed by atoms with Gasteiger partial charge in [-0.05, 0) is 34.1 Å². The Labute approximate surface area is 117 Å². The Bertz CT molecular complexity index is 642. The summed E-state index contributed by atoms with van der Waals surface area (Å²) in [6, 6.07) is 12.3. The molecule has 0 saturated heterocycles. The first-order chi connectivity index (χ1) is 9.08. The number of ether oxygens (including phenoxy) is 1. The molecule has 0 saturated carbocycles. The zero-order valence-corrected chi connectivity index (χ0v) is 11.2. The predicted octanol–water partition coefficient (Wildman–Crippen LogP) is 3.58. The molecular weight excluding hydrogens is 314 g/mol. The molecule has 96 valence electrons. The quantitative estimate of drug-likeness (QED) is 0.375. The monoisotopic (exact) mass is 321 g/mol. The molecule has 2 aromatic carbocycles. The number of halogens is 1. The Balaban J connectivity index is 2.23. The Kier molecular flexibility index (Phi) is 3.91. The summed E-state index contributed by atoms with van der Waals surface area (Å²) in [4.78, 5) is 21.9. The van der Waals surface area contributed by atoms with Crippen LogP contribution in [0.15, 0.2) is 53.0 Å². The molecule has 0 aliphatic carbocycles. The first kappa shape index (κ1) is 13.2. The Morgan fingerprint density at radius 2 is 1.89 bits per heavy atom. The summed E-state index contributed by atoms with van der Waals surface area (Å²) >= 11 is 3.25. The van der Waals surface area contributed by atoms with E-state index in [0.29, 0.717) is 10.2 Å². The zero-order chi connectivity index (χ0) is 13.8. The second-order valence-corrected chi connectivity index (χ2v) is 4.48. The largest absolute Gasteiger partial charge is 0.422 e. The number of carbonyl (C=O) groups is 1. The first-order valence-corrected chi connectivity index (χ1v) is 6.08. The maximum atomic E-state index is 11.9. The van der Waals surface area contributed by atoms with Crippen molar-refractivity contribution < 1.29 is 14.5 Å². The zero-order valence-electron chi connectivity index (χ0n) is 9.58. The van der Waals surface area contributed by atoms with Crippen LogP contribution in [-0.2, 0) is 0 Å². The lowest BCUT2D eigenvalue weighted by atomic mass is 10.2. The van der Waals surface area contributed by atoms with Crippen LogP contribution in [-0.4, -0.2) is 10.9 Å². The maximum Gasteiger partial charge on any atom is 0.343 e. The summed E-state index contributed by atoms with van der Waals surface area (Å²) in [5.74, 6) is -0.283. The van der Waals surface area contributed by atoms with Crippen LogP contribution in [0.1, 0.15) is 10.4 Å². The van der Waals surface area contributed by atoms with Crippen molar-refractivity contribution >= 4 is 27.6 Å². The molecule has 0 radical (unpaired) electrons. The lowest BCUT2D eigenvalue weighted by Gasteiger charge is -2.05. The third-order valence-electron chi connectivity index (χ3n) is 2.33. The lowest BCUT2D eigenvalue weighted by Crippen LogP contribution is -2.09. The number of carbonyl (C=O) groups excluding carboxylic acids is 1. The number of rotatable bonds is 3. The van der Waals surface area contributed by atoms with E-state index in [4.69, 9.17) is 4.74 Å². The molecule has 0 fully saturated rings. The fourth-order valence-electron chi connectivity index (χ4n) is 1.43. The summed E-state index contributed by atoms with van der Waals surface area (Å²) in [5, 5.41) is 10.6. The van der Waals surface area contributed by atoms with Crippen molar-refractivity contribution in [1.82, 2.24) is 0 Å². The molecular formula is C13H8BrNO4. The van der Waals surface area contributed by atoms with Gasteiger partial charge in [-0.3, -0.25) is 10.1 Å². The van der Waals surface area contributed by atoms with Gasteiger partial charge < -0.3 is 4.74 Å². The standard InChI is InChI=1S/C13H8BrNO4/c14-11-6-1-2-7-12(11)19-13(16)9-4-3-5-10(8-9)15(17)18/h1-8H. The van der Waals surface area contributed by atoms with E-state index in [-0.39, 0.29) is 11.3 Å². The second-order valence-electron chi connectivity index (χ2n) is 3.63. The van der Waals surface area contributed by atoms with Gasteiger partial charge in [-0.1, -0.05) is 18.2 Å². The van der Waals surface area contributed by atoms with Crippen molar-refractivity contribution in [3.05, 3.63) is 68.7 Å². The van der Waals surface area contributed by atoms with Gasteiger partial charge in [0.25, 0.3) is 5.69 Å². The molecule has 5 nitrogen and oxygen atoms in total. The van der Waals surface area contributed by atoms with Crippen molar-refractivity contribution in [2.24, 2.45) is 0 Å². The Morgan fingerprint density at radius 1 is 1.16 bits per heavy atom. The molecule has 0 bridgehead atoms. The van der Waals surface area contributed by atoms with Crippen LogP contribution in [0.3, 0.4) is 0 Å². The van der Waals surface area contributed by atoms with Gasteiger partial charge in [-0.2, -0.15) is 0 Å². The summed E-state index contributed by atoms with van der Waals surface area (Å²) in [7, 11) is 0. The summed E-state index contributed by atoms with van der Waals surface area (Å²) in [5.41, 5.74) is -0.0217. The number of non-ortho nitro benzene ring substituents is 1. The van der Waals surface area contributed by atoms with Crippen LogP contribution < -0.4 is 4.74 Å². The molecule has 2 aromatic rings. The van der Waals surface area contributed by atoms with Gasteiger partial charge in [0.05, 0.1) is 15.0 Å². The van der Waals surface area contributed by atoms with Crippen molar-refractivity contribution in [3.63, 3.8) is 0 Å². The van der Waals surface area contributed by atoms with Gasteiger partial charge in [0.2, 0.25) is 0 Å². The highest BCUT2D eigenvalue weighted by atomic mass is 79.9. The van der Waals surface area contributed by atoms with Gasteiger partial charge in [0.1, 0.15) is 5.75 Å². The highest BCUT2D eigenvalue weighted by Gasteiger charge is 2.14. The molecule has 19 heavy (non-hydrogen) atoms. The highest BCUT2D eigenvalue weighted by molar-refractivity contribution is 9.10. The third kappa shape index (κ3) is 3.17. The van der Waals surface area contributed by atoms with Gasteiger partial charge in [-0.15, -0.1) is 0 Å². The molecule has 0 unspecified atom stereocenters. The minimum atomic E-state index is -0.643. The summed E-state index contributed by atoms with van der Waals surface area (Å²) in [6.45, 7) is 0. The van der Waals surface area contributed by atoms with Crippen LogP contribution in [0.4, 0.5) is 5.69 Å². The average Bonchev–Trinajstić information content (AvgIpc) is 2.41. The highest BCUT2D eigenvalue weighted by Crippen LogP contribution is 2.25. The normalized spacial score (nSPS) is 9.95. The number of hydrogen-bond donors (Lipinski definition) is 0. The number of nitro groups is 1.